The van der Waals surface area contributed by atoms with E-state index in [4.69, 9.17) is 9.15 Å². The van der Waals surface area contributed by atoms with Gasteiger partial charge in [0.15, 0.2) is 17.3 Å². The van der Waals surface area contributed by atoms with Crippen LogP contribution in [0, 0.1) is 10.1 Å². The number of phenolic OH excluding ortho intramolecular Hbond substituents is 1. The Morgan fingerprint density at radius 1 is 1.52 bits per heavy atom. The third-order valence-electron chi connectivity index (χ3n) is 3.68. The number of benzene rings is 1. The molecule has 1 aromatic carbocycles. The van der Waals surface area contributed by atoms with Gasteiger partial charge in [0, 0.05) is 0 Å². The Labute approximate surface area is 171 Å². The smallest absolute Gasteiger partial charge is 0.307 e. The van der Waals surface area contributed by atoms with Crippen molar-refractivity contribution >= 4 is 33.7 Å². The topological polar surface area (TPSA) is 145 Å². The van der Waals surface area contributed by atoms with E-state index in [9.17, 15) is 20.0 Å². The molecule has 29 heavy (non-hydrogen) atoms. The fourth-order valence-corrected chi connectivity index (χ4v) is 2.78. The zero-order valence-corrected chi connectivity index (χ0v) is 16.5. The minimum Gasteiger partial charge on any atom is -0.503 e. The quantitative estimate of drug-likeness (QED) is 0.311. The molecule has 0 aliphatic rings. The number of carbonyl (C=O) groups is 1. The summed E-state index contributed by atoms with van der Waals surface area (Å²) in [4.78, 5) is 22.3. The zero-order valence-electron chi connectivity index (χ0n) is 14.9. The monoisotopic (exact) mass is 463 g/mol. The lowest BCUT2D eigenvalue weighted by Gasteiger charge is -2.06. The second kappa shape index (κ2) is 8.56. The summed E-state index contributed by atoms with van der Waals surface area (Å²) in [6.45, 7) is 0.131. The number of aromatic nitrogens is 2. The molecule has 0 aliphatic heterocycles. The average Bonchev–Trinajstić information content (AvgIpc) is 3.34. The highest BCUT2D eigenvalue weighted by Crippen LogP contribution is 2.34. The molecule has 1 amide bonds. The number of carbonyl (C=O) groups excluding carboxylic acids is 1. The van der Waals surface area contributed by atoms with Gasteiger partial charge in [-0.2, -0.15) is 10.2 Å². The van der Waals surface area contributed by atoms with Gasteiger partial charge in [-0.15, -0.1) is 0 Å². The first-order chi connectivity index (χ1) is 13.9. The number of ether oxygens (including phenoxy) is 1. The van der Waals surface area contributed by atoms with Gasteiger partial charge in [-0.05, 0) is 45.8 Å². The van der Waals surface area contributed by atoms with E-state index in [-0.39, 0.29) is 29.5 Å². The highest BCUT2D eigenvalue weighted by Gasteiger charge is 2.13. The van der Waals surface area contributed by atoms with Gasteiger partial charge < -0.3 is 14.3 Å². The number of amides is 1. The minimum absolute atomic E-state index is 0.0169. The summed E-state index contributed by atoms with van der Waals surface area (Å²) in [7, 11) is 1.42. The first-order valence-corrected chi connectivity index (χ1v) is 8.82. The molecular formula is C17H14BrN5O6. The molecule has 0 aliphatic carbocycles. The second-order valence-electron chi connectivity index (χ2n) is 5.67. The number of methoxy groups -OCH3 is 1. The number of nitro groups is 1. The van der Waals surface area contributed by atoms with Crippen LogP contribution in [-0.2, 0) is 6.54 Å². The molecule has 0 saturated heterocycles. The largest absolute Gasteiger partial charge is 0.503 e. The number of halogens is 1. The lowest BCUT2D eigenvalue weighted by atomic mass is 10.2. The van der Waals surface area contributed by atoms with Crippen LogP contribution in [-0.4, -0.2) is 39.0 Å². The Morgan fingerprint density at radius 2 is 2.31 bits per heavy atom. The SMILES string of the molecule is COc1cc(/C=N/NC(=O)c2ccc(Cn3cc([N+](=O)[O-])cn3)o2)cc(Br)c1O. The summed E-state index contributed by atoms with van der Waals surface area (Å²) < 4.78 is 12.2. The molecular weight excluding hydrogens is 450 g/mol. The van der Waals surface area contributed by atoms with Crippen LogP contribution in [0.1, 0.15) is 21.9 Å². The molecule has 0 radical (unpaired) electrons. The van der Waals surface area contributed by atoms with E-state index in [1.54, 1.807) is 18.2 Å². The fourth-order valence-electron chi connectivity index (χ4n) is 2.32. The molecule has 12 heteroatoms. The van der Waals surface area contributed by atoms with Crippen molar-refractivity contribution in [2.45, 2.75) is 6.54 Å². The van der Waals surface area contributed by atoms with Gasteiger partial charge >= 0.3 is 11.6 Å². The lowest BCUT2D eigenvalue weighted by molar-refractivity contribution is -0.385. The van der Waals surface area contributed by atoms with Crippen LogP contribution in [0.2, 0.25) is 0 Å². The number of rotatable bonds is 7. The average molecular weight is 464 g/mol. The number of hydrogen-bond acceptors (Lipinski definition) is 8. The summed E-state index contributed by atoms with van der Waals surface area (Å²) in [5, 5.41) is 28.2. The highest BCUT2D eigenvalue weighted by molar-refractivity contribution is 9.10. The first-order valence-electron chi connectivity index (χ1n) is 8.03. The predicted octanol–water partition coefficient (Wildman–Crippen LogP) is 2.67. The fraction of sp³-hybridized carbons (Fsp3) is 0.118. The second-order valence-corrected chi connectivity index (χ2v) is 6.53. The number of nitrogens with one attached hydrogen (secondary N) is 1. The van der Waals surface area contributed by atoms with Crippen molar-refractivity contribution < 1.29 is 24.0 Å². The number of phenols is 1. The number of nitrogens with zero attached hydrogens (tertiary/aromatic N) is 4. The van der Waals surface area contributed by atoms with Gasteiger partial charge in [0.2, 0.25) is 0 Å². The van der Waals surface area contributed by atoms with E-state index >= 15 is 0 Å². The summed E-state index contributed by atoms with van der Waals surface area (Å²) >= 11 is 3.20. The molecule has 0 fully saturated rings. The Balaban J connectivity index is 1.62. The Hall–Kier alpha value is -3.67. The summed E-state index contributed by atoms with van der Waals surface area (Å²) in [5.41, 5.74) is 2.76. The summed E-state index contributed by atoms with van der Waals surface area (Å²) in [6.07, 6.45) is 3.76. The lowest BCUT2D eigenvalue weighted by Crippen LogP contribution is -2.16. The normalized spacial score (nSPS) is 11.0. The Morgan fingerprint density at radius 3 is 3.00 bits per heavy atom. The summed E-state index contributed by atoms with van der Waals surface area (Å²) in [6, 6.07) is 6.16. The van der Waals surface area contributed by atoms with E-state index in [0.717, 1.165) is 6.20 Å². The van der Waals surface area contributed by atoms with E-state index < -0.39 is 10.8 Å². The minimum atomic E-state index is -0.580. The van der Waals surface area contributed by atoms with E-state index in [0.29, 0.717) is 15.8 Å². The van der Waals surface area contributed by atoms with Gasteiger partial charge in [-0.1, -0.05) is 0 Å². The maximum absolute atomic E-state index is 12.1. The number of hydrazone groups is 1. The highest BCUT2D eigenvalue weighted by atomic mass is 79.9. The number of hydrogen-bond donors (Lipinski definition) is 2. The van der Waals surface area contributed by atoms with Gasteiger partial charge in [0.1, 0.15) is 18.2 Å². The molecule has 2 aromatic heterocycles. The molecule has 3 aromatic rings. The molecule has 0 unspecified atom stereocenters. The first kappa shape index (κ1) is 20.1. The molecule has 2 heterocycles. The third kappa shape index (κ3) is 4.79. The van der Waals surface area contributed by atoms with E-state index in [1.165, 1.54) is 30.3 Å². The van der Waals surface area contributed by atoms with Crippen LogP contribution in [0.5, 0.6) is 11.5 Å². The van der Waals surface area contributed by atoms with Crippen LogP contribution < -0.4 is 10.2 Å². The maximum Gasteiger partial charge on any atom is 0.307 e. The van der Waals surface area contributed by atoms with Crippen molar-refractivity contribution in [1.29, 1.82) is 0 Å². The van der Waals surface area contributed by atoms with Crippen molar-refractivity contribution in [1.82, 2.24) is 15.2 Å². The van der Waals surface area contributed by atoms with Crippen molar-refractivity contribution in [2.24, 2.45) is 5.10 Å². The number of aromatic hydroxyl groups is 1. The van der Waals surface area contributed by atoms with Crippen molar-refractivity contribution in [2.75, 3.05) is 7.11 Å². The molecule has 0 atom stereocenters. The van der Waals surface area contributed by atoms with Crippen LogP contribution >= 0.6 is 15.9 Å². The van der Waals surface area contributed by atoms with Gasteiger partial charge in [0.05, 0.1) is 29.3 Å². The number of furan rings is 1. The molecule has 2 N–H and O–H groups in total. The maximum atomic E-state index is 12.1. The van der Waals surface area contributed by atoms with Crippen LogP contribution in [0.15, 0.2) is 50.7 Å². The van der Waals surface area contributed by atoms with E-state index in [2.05, 4.69) is 31.6 Å². The van der Waals surface area contributed by atoms with Gasteiger partial charge in [-0.3, -0.25) is 19.6 Å². The molecule has 0 saturated carbocycles. The van der Waals surface area contributed by atoms with Gasteiger partial charge in [-0.25, -0.2) is 5.43 Å². The molecule has 11 nitrogen and oxygen atoms in total. The molecule has 0 spiro atoms. The van der Waals surface area contributed by atoms with Crippen LogP contribution in [0.3, 0.4) is 0 Å². The third-order valence-corrected chi connectivity index (χ3v) is 4.29. The Bertz CT molecular complexity index is 1090. The van der Waals surface area contributed by atoms with Crippen molar-refractivity contribution in [3.63, 3.8) is 0 Å². The van der Waals surface area contributed by atoms with Crippen molar-refractivity contribution in [3.8, 4) is 11.5 Å². The summed E-state index contributed by atoms with van der Waals surface area (Å²) in [5.74, 6) is 0.0392. The van der Waals surface area contributed by atoms with Crippen LogP contribution in [0.25, 0.3) is 0 Å². The molecule has 0 bridgehead atoms. The predicted molar refractivity (Wildman–Crippen MR) is 104 cm³/mol. The zero-order chi connectivity index (χ0) is 21.0. The van der Waals surface area contributed by atoms with Gasteiger partial charge in [0.25, 0.3) is 0 Å². The standard InChI is InChI=1S/C17H14BrN5O6/c1-28-15-5-10(4-13(18)16(15)24)6-19-21-17(25)14-3-2-12(29-14)9-22-8-11(7-20-22)23(26)27/h2-8,24H,9H2,1H3,(H,21,25)/b19-6+. The van der Waals surface area contributed by atoms with E-state index in [1.807, 2.05) is 0 Å². The Kier molecular flexibility index (Phi) is 5.93. The van der Waals surface area contributed by atoms with Crippen molar-refractivity contribution in [3.05, 3.63) is 68.3 Å². The molecule has 3 rings (SSSR count). The molecule has 150 valence electrons. The van der Waals surface area contributed by atoms with Crippen LogP contribution in [0.4, 0.5) is 5.69 Å².